The predicted molar refractivity (Wildman–Crippen MR) is 93.4 cm³/mol. The van der Waals surface area contributed by atoms with Crippen molar-refractivity contribution in [3.8, 4) is 0 Å². The molecule has 3 nitrogen and oxygen atoms in total. The molecule has 0 radical (unpaired) electrons. The Morgan fingerprint density at radius 2 is 1.95 bits per heavy atom. The zero-order valence-electron chi connectivity index (χ0n) is 11.7. The number of hydrogen-bond donors (Lipinski definition) is 0. The molecule has 0 unspecified atom stereocenters. The first kappa shape index (κ1) is 15.3. The van der Waals surface area contributed by atoms with Gasteiger partial charge in [0.15, 0.2) is 5.13 Å². The molecule has 0 spiro atoms. The van der Waals surface area contributed by atoms with Crippen molar-refractivity contribution in [3.05, 3.63) is 58.1 Å². The number of amides is 1. The van der Waals surface area contributed by atoms with Gasteiger partial charge in [0.2, 0.25) is 0 Å². The van der Waals surface area contributed by atoms with Gasteiger partial charge < -0.3 is 0 Å². The molecule has 6 heteroatoms. The fourth-order valence-corrected chi connectivity index (χ4v) is 3.45. The fraction of sp³-hybridized carbons (Fsp3) is 0.125. The summed E-state index contributed by atoms with van der Waals surface area (Å²) in [7, 11) is 0. The van der Waals surface area contributed by atoms with Crippen molar-refractivity contribution in [1.29, 1.82) is 0 Å². The van der Waals surface area contributed by atoms with Crippen LogP contribution in [0.5, 0.6) is 0 Å². The number of para-hydroxylation sites is 1. The third-order valence-electron chi connectivity index (χ3n) is 3.24. The van der Waals surface area contributed by atoms with Gasteiger partial charge in [-0.3, -0.25) is 9.69 Å². The summed E-state index contributed by atoms with van der Waals surface area (Å²) in [6.45, 7) is 2.44. The van der Waals surface area contributed by atoms with Crippen molar-refractivity contribution in [2.24, 2.45) is 0 Å². The first-order valence-corrected chi connectivity index (χ1v) is 8.30. The molecule has 0 aliphatic rings. The van der Waals surface area contributed by atoms with Gasteiger partial charge in [-0.1, -0.05) is 46.7 Å². The number of halogens is 2. The maximum atomic E-state index is 12.7. The van der Waals surface area contributed by atoms with Gasteiger partial charge in [0.05, 0.1) is 20.3 Å². The lowest BCUT2D eigenvalue weighted by Crippen LogP contribution is -2.30. The molecule has 1 amide bonds. The highest BCUT2D eigenvalue weighted by Crippen LogP contribution is 2.30. The standard InChI is InChI=1S/C16H12Cl2N2OS/c1-2-20(15(21)10-7-8-11(17)12(18)9-10)16-19-13-5-3-4-6-14(13)22-16/h3-9H,2H2,1H3. The molecule has 0 aliphatic heterocycles. The van der Waals surface area contributed by atoms with E-state index in [0.29, 0.717) is 27.3 Å². The molecule has 1 heterocycles. The summed E-state index contributed by atoms with van der Waals surface area (Å²) in [4.78, 5) is 18.9. The number of carbonyl (C=O) groups is 1. The first-order chi connectivity index (χ1) is 10.6. The summed E-state index contributed by atoms with van der Waals surface area (Å²) in [6.07, 6.45) is 0. The number of carbonyl (C=O) groups excluding carboxylic acids is 1. The normalized spacial score (nSPS) is 10.9. The van der Waals surface area contributed by atoms with Crippen LogP contribution in [0.2, 0.25) is 10.0 Å². The Labute approximate surface area is 142 Å². The summed E-state index contributed by atoms with van der Waals surface area (Å²) in [5, 5.41) is 1.48. The van der Waals surface area contributed by atoms with E-state index in [4.69, 9.17) is 23.2 Å². The Bertz CT molecular complexity index is 814. The van der Waals surface area contributed by atoms with Gasteiger partial charge in [-0.15, -0.1) is 0 Å². The Hall–Kier alpha value is -1.62. The van der Waals surface area contributed by atoms with E-state index in [1.54, 1.807) is 23.1 Å². The van der Waals surface area contributed by atoms with Crippen LogP contribution in [-0.4, -0.2) is 17.4 Å². The number of hydrogen-bond acceptors (Lipinski definition) is 3. The lowest BCUT2D eigenvalue weighted by molar-refractivity contribution is 0.0988. The van der Waals surface area contributed by atoms with Crippen LogP contribution in [-0.2, 0) is 0 Å². The topological polar surface area (TPSA) is 33.2 Å². The van der Waals surface area contributed by atoms with Crippen molar-refractivity contribution in [2.45, 2.75) is 6.92 Å². The number of anilines is 1. The molecule has 0 saturated carbocycles. The van der Waals surface area contributed by atoms with Crippen LogP contribution in [0.3, 0.4) is 0 Å². The molecule has 2 aromatic carbocycles. The van der Waals surface area contributed by atoms with Gasteiger partial charge in [-0.25, -0.2) is 4.98 Å². The van der Waals surface area contributed by atoms with Crippen molar-refractivity contribution in [3.63, 3.8) is 0 Å². The molecule has 0 atom stereocenters. The SMILES string of the molecule is CCN(C(=O)c1ccc(Cl)c(Cl)c1)c1nc2ccccc2s1. The number of nitrogens with zero attached hydrogens (tertiary/aromatic N) is 2. The van der Waals surface area contributed by atoms with Gasteiger partial charge >= 0.3 is 0 Å². The second-order valence-corrected chi connectivity index (χ2v) is 6.47. The molecule has 3 aromatic rings. The predicted octanol–water partition coefficient (Wildman–Crippen LogP) is 5.27. The lowest BCUT2D eigenvalue weighted by atomic mass is 10.2. The van der Waals surface area contributed by atoms with E-state index in [2.05, 4.69) is 4.98 Å². The molecule has 0 saturated heterocycles. The lowest BCUT2D eigenvalue weighted by Gasteiger charge is -2.17. The molecule has 0 fully saturated rings. The van der Waals surface area contributed by atoms with E-state index in [-0.39, 0.29) is 5.91 Å². The fourth-order valence-electron chi connectivity index (χ4n) is 2.13. The smallest absolute Gasteiger partial charge is 0.260 e. The molecule has 22 heavy (non-hydrogen) atoms. The maximum absolute atomic E-state index is 12.7. The number of thiazole rings is 1. The van der Waals surface area contributed by atoms with Crippen LogP contribution in [0.25, 0.3) is 10.2 Å². The number of aromatic nitrogens is 1. The van der Waals surface area contributed by atoms with Crippen LogP contribution in [0.1, 0.15) is 17.3 Å². The number of benzene rings is 2. The third-order valence-corrected chi connectivity index (χ3v) is 5.04. The summed E-state index contributed by atoms with van der Waals surface area (Å²) >= 11 is 13.4. The van der Waals surface area contributed by atoms with Crippen LogP contribution in [0.15, 0.2) is 42.5 Å². The van der Waals surface area contributed by atoms with Crippen LogP contribution in [0, 0.1) is 0 Å². The summed E-state index contributed by atoms with van der Waals surface area (Å²) < 4.78 is 1.05. The van der Waals surface area contributed by atoms with Crippen molar-refractivity contribution in [1.82, 2.24) is 4.98 Å². The zero-order chi connectivity index (χ0) is 15.7. The van der Waals surface area contributed by atoms with E-state index in [0.717, 1.165) is 10.2 Å². The van der Waals surface area contributed by atoms with Crippen molar-refractivity contribution >= 4 is 55.8 Å². The Balaban J connectivity index is 1.99. The Kier molecular flexibility index (Phi) is 4.34. The molecule has 0 bridgehead atoms. The highest BCUT2D eigenvalue weighted by Gasteiger charge is 2.20. The van der Waals surface area contributed by atoms with E-state index < -0.39 is 0 Å². The largest absolute Gasteiger partial charge is 0.284 e. The van der Waals surface area contributed by atoms with E-state index in [9.17, 15) is 4.79 Å². The van der Waals surface area contributed by atoms with Crippen molar-refractivity contribution < 1.29 is 4.79 Å². The molecule has 1 aromatic heterocycles. The van der Waals surface area contributed by atoms with E-state index in [1.165, 1.54) is 11.3 Å². The van der Waals surface area contributed by atoms with Gasteiger partial charge in [-0.05, 0) is 37.3 Å². The monoisotopic (exact) mass is 350 g/mol. The number of fused-ring (bicyclic) bond motifs is 1. The molecule has 0 aliphatic carbocycles. The van der Waals surface area contributed by atoms with E-state index in [1.807, 2.05) is 31.2 Å². The second-order valence-electron chi connectivity index (χ2n) is 4.64. The minimum absolute atomic E-state index is 0.139. The average molecular weight is 351 g/mol. The van der Waals surface area contributed by atoms with Crippen LogP contribution >= 0.6 is 34.5 Å². The quantitative estimate of drug-likeness (QED) is 0.644. The van der Waals surface area contributed by atoms with E-state index >= 15 is 0 Å². The molecule has 112 valence electrons. The second kappa shape index (κ2) is 6.24. The minimum Gasteiger partial charge on any atom is -0.284 e. The van der Waals surface area contributed by atoms with Gasteiger partial charge in [0, 0.05) is 12.1 Å². The molecule has 3 rings (SSSR count). The molecular weight excluding hydrogens is 339 g/mol. The third kappa shape index (κ3) is 2.82. The zero-order valence-corrected chi connectivity index (χ0v) is 14.0. The minimum atomic E-state index is -0.139. The highest BCUT2D eigenvalue weighted by molar-refractivity contribution is 7.22. The summed E-state index contributed by atoms with van der Waals surface area (Å²) in [5.74, 6) is -0.139. The Morgan fingerprint density at radius 3 is 2.64 bits per heavy atom. The van der Waals surface area contributed by atoms with Crippen LogP contribution in [0.4, 0.5) is 5.13 Å². The van der Waals surface area contributed by atoms with Crippen LogP contribution < -0.4 is 4.90 Å². The van der Waals surface area contributed by atoms with Gasteiger partial charge in [0.1, 0.15) is 0 Å². The summed E-state index contributed by atoms with van der Waals surface area (Å²) in [6, 6.07) is 12.7. The number of rotatable bonds is 3. The average Bonchev–Trinajstić information content (AvgIpc) is 2.94. The molecule has 0 N–H and O–H groups in total. The summed E-state index contributed by atoms with van der Waals surface area (Å²) in [5.41, 5.74) is 1.39. The Morgan fingerprint density at radius 1 is 1.18 bits per heavy atom. The maximum Gasteiger partial charge on any atom is 0.260 e. The van der Waals surface area contributed by atoms with Crippen molar-refractivity contribution in [2.75, 3.05) is 11.4 Å². The molecular formula is C16H12Cl2N2OS. The first-order valence-electron chi connectivity index (χ1n) is 6.72. The van der Waals surface area contributed by atoms with Gasteiger partial charge in [0.25, 0.3) is 5.91 Å². The van der Waals surface area contributed by atoms with Gasteiger partial charge in [-0.2, -0.15) is 0 Å². The highest BCUT2D eigenvalue weighted by atomic mass is 35.5.